The van der Waals surface area contributed by atoms with Gasteiger partial charge in [0, 0.05) is 30.0 Å². The minimum Gasteiger partial charge on any atom is -0.348 e. The highest BCUT2D eigenvalue weighted by atomic mass is 35.5. The number of carbonyl (C=O) groups is 1. The van der Waals surface area contributed by atoms with Crippen molar-refractivity contribution in [1.82, 2.24) is 14.8 Å². The van der Waals surface area contributed by atoms with Gasteiger partial charge in [0.25, 0.3) is 0 Å². The van der Waals surface area contributed by atoms with E-state index in [9.17, 15) is 4.79 Å². The molecule has 1 aromatic carbocycles. The Kier molecular flexibility index (Phi) is 4.50. The SMILES string of the molecule is CCNCC(=O)N1CCn2cccc2[C@H]1c1ccc(Cl)cc1. The number of fused-ring (bicyclic) bond motifs is 1. The summed E-state index contributed by atoms with van der Waals surface area (Å²) >= 11 is 6.00. The molecule has 2 aromatic rings. The standard InChI is InChI=1S/C17H20ClN3O/c1-2-19-12-16(22)21-11-10-20-9-3-4-15(20)17(21)13-5-7-14(18)8-6-13/h3-9,17,19H,2,10-12H2,1H3/t17-/m1/s1. The van der Waals surface area contributed by atoms with Gasteiger partial charge >= 0.3 is 0 Å². The van der Waals surface area contributed by atoms with E-state index in [1.54, 1.807) is 0 Å². The van der Waals surface area contributed by atoms with Gasteiger partial charge in [-0.2, -0.15) is 0 Å². The molecule has 0 saturated carbocycles. The van der Waals surface area contributed by atoms with Crippen LogP contribution in [0.25, 0.3) is 0 Å². The summed E-state index contributed by atoms with van der Waals surface area (Å²) in [6, 6.07) is 11.8. The number of halogens is 1. The van der Waals surface area contributed by atoms with Crippen LogP contribution in [0.5, 0.6) is 0 Å². The quantitative estimate of drug-likeness (QED) is 0.941. The predicted octanol–water partition coefficient (Wildman–Crippen LogP) is 2.68. The summed E-state index contributed by atoms with van der Waals surface area (Å²) in [6.45, 7) is 4.73. The lowest BCUT2D eigenvalue weighted by Gasteiger charge is -2.37. The number of nitrogens with zero attached hydrogens (tertiary/aromatic N) is 2. The molecule has 1 aromatic heterocycles. The maximum Gasteiger partial charge on any atom is 0.237 e. The molecule has 1 N–H and O–H groups in total. The molecular weight excluding hydrogens is 298 g/mol. The van der Waals surface area contributed by atoms with E-state index >= 15 is 0 Å². The molecule has 4 nitrogen and oxygen atoms in total. The molecule has 3 rings (SSSR count). The van der Waals surface area contributed by atoms with E-state index in [-0.39, 0.29) is 11.9 Å². The van der Waals surface area contributed by atoms with Gasteiger partial charge in [0.2, 0.25) is 5.91 Å². The second-order valence-electron chi connectivity index (χ2n) is 5.45. The molecule has 1 aliphatic rings. The summed E-state index contributed by atoms with van der Waals surface area (Å²) in [5, 5.41) is 3.83. The molecule has 0 saturated heterocycles. The van der Waals surface area contributed by atoms with Crippen molar-refractivity contribution >= 4 is 17.5 Å². The van der Waals surface area contributed by atoms with Gasteiger partial charge < -0.3 is 14.8 Å². The normalized spacial score (nSPS) is 17.4. The van der Waals surface area contributed by atoms with E-state index in [2.05, 4.69) is 22.1 Å². The Labute approximate surface area is 135 Å². The topological polar surface area (TPSA) is 37.3 Å². The monoisotopic (exact) mass is 317 g/mol. The zero-order chi connectivity index (χ0) is 15.5. The number of likely N-dealkylation sites (N-methyl/N-ethyl adjacent to an activating group) is 1. The number of carbonyl (C=O) groups excluding carboxylic acids is 1. The maximum atomic E-state index is 12.6. The minimum absolute atomic E-state index is 0.0489. The van der Waals surface area contributed by atoms with Crippen LogP contribution < -0.4 is 5.32 Å². The highest BCUT2D eigenvalue weighted by Gasteiger charge is 2.31. The van der Waals surface area contributed by atoms with Gasteiger partial charge in [-0.15, -0.1) is 0 Å². The molecule has 1 amide bonds. The molecule has 22 heavy (non-hydrogen) atoms. The summed E-state index contributed by atoms with van der Waals surface area (Å²) in [5.74, 6) is 0.134. The molecule has 0 spiro atoms. The number of rotatable bonds is 4. The van der Waals surface area contributed by atoms with E-state index in [1.165, 1.54) is 0 Å². The second-order valence-corrected chi connectivity index (χ2v) is 5.88. The number of benzene rings is 1. The lowest BCUT2D eigenvalue weighted by molar-refractivity contribution is -0.132. The number of aromatic nitrogens is 1. The molecule has 1 atom stereocenters. The van der Waals surface area contributed by atoms with E-state index in [0.717, 1.165) is 30.9 Å². The van der Waals surface area contributed by atoms with Crippen molar-refractivity contribution in [2.75, 3.05) is 19.6 Å². The van der Waals surface area contributed by atoms with Crippen LogP contribution in [-0.4, -0.2) is 35.0 Å². The molecule has 0 fully saturated rings. The van der Waals surface area contributed by atoms with Crippen LogP contribution in [-0.2, 0) is 11.3 Å². The van der Waals surface area contributed by atoms with E-state index < -0.39 is 0 Å². The first-order valence-electron chi connectivity index (χ1n) is 7.61. The Morgan fingerprint density at radius 3 is 2.77 bits per heavy atom. The largest absolute Gasteiger partial charge is 0.348 e. The van der Waals surface area contributed by atoms with Crippen molar-refractivity contribution in [3.63, 3.8) is 0 Å². The van der Waals surface area contributed by atoms with Gasteiger partial charge in [0.15, 0.2) is 0 Å². The van der Waals surface area contributed by atoms with Gasteiger partial charge in [-0.1, -0.05) is 30.7 Å². The number of hydrogen-bond donors (Lipinski definition) is 1. The van der Waals surface area contributed by atoms with Crippen LogP contribution in [0.3, 0.4) is 0 Å². The summed E-state index contributed by atoms with van der Waals surface area (Å²) in [7, 11) is 0. The first-order valence-corrected chi connectivity index (χ1v) is 7.99. The fourth-order valence-corrected chi connectivity index (χ4v) is 3.11. The van der Waals surface area contributed by atoms with E-state index in [0.29, 0.717) is 11.6 Å². The zero-order valence-corrected chi connectivity index (χ0v) is 13.4. The fourth-order valence-electron chi connectivity index (χ4n) is 2.98. The molecule has 1 aliphatic heterocycles. The van der Waals surface area contributed by atoms with Crippen LogP contribution in [0.4, 0.5) is 0 Å². The zero-order valence-electron chi connectivity index (χ0n) is 12.6. The first-order chi connectivity index (χ1) is 10.7. The maximum absolute atomic E-state index is 12.6. The first kappa shape index (κ1) is 15.1. The lowest BCUT2D eigenvalue weighted by Crippen LogP contribution is -2.45. The van der Waals surface area contributed by atoms with Crippen molar-refractivity contribution in [3.8, 4) is 0 Å². The van der Waals surface area contributed by atoms with Crippen LogP contribution in [0.15, 0.2) is 42.6 Å². The third-order valence-corrected chi connectivity index (χ3v) is 4.32. The van der Waals surface area contributed by atoms with Gasteiger partial charge in [-0.25, -0.2) is 0 Å². The molecule has 0 radical (unpaired) electrons. The van der Waals surface area contributed by atoms with Gasteiger partial charge in [-0.05, 0) is 36.4 Å². The average Bonchev–Trinajstić information content (AvgIpc) is 3.01. The summed E-state index contributed by atoms with van der Waals surface area (Å²) in [5.41, 5.74) is 2.24. The van der Waals surface area contributed by atoms with Crippen LogP contribution >= 0.6 is 11.6 Å². The van der Waals surface area contributed by atoms with Crippen molar-refractivity contribution in [2.24, 2.45) is 0 Å². The van der Waals surface area contributed by atoms with Crippen molar-refractivity contribution < 1.29 is 4.79 Å². The number of nitrogens with one attached hydrogen (secondary N) is 1. The molecule has 5 heteroatoms. The molecule has 116 valence electrons. The van der Waals surface area contributed by atoms with Gasteiger partial charge in [-0.3, -0.25) is 4.79 Å². The smallest absolute Gasteiger partial charge is 0.237 e. The summed E-state index contributed by atoms with van der Waals surface area (Å²) in [6.07, 6.45) is 2.07. The third kappa shape index (κ3) is 2.89. The van der Waals surface area contributed by atoms with Crippen molar-refractivity contribution in [1.29, 1.82) is 0 Å². The van der Waals surface area contributed by atoms with Crippen molar-refractivity contribution in [3.05, 3.63) is 58.9 Å². The Bertz CT molecular complexity index is 650. The molecule has 2 heterocycles. The Morgan fingerprint density at radius 1 is 1.27 bits per heavy atom. The van der Waals surface area contributed by atoms with E-state index in [4.69, 9.17) is 11.6 Å². The highest BCUT2D eigenvalue weighted by Crippen LogP contribution is 2.32. The Balaban J connectivity index is 1.95. The predicted molar refractivity (Wildman–Crippen MR) is 88.0 cm³/mol. The molecule has 0 bridgehead atoms. The number of amides is 1. The average molecular weight is 318 g/mol. The van der Waals surface area contributed by atoms with Crippen molar-refractivity contribution in [2.45, 2.75) is 19.5 Å². The van der Waals surface area contributed by atoms with Crippen LogP contribution in [0.2, 0.25) is 5.02 Å². The second kappa shape index (κ2) is 6.55. The molecule has 0 unspecified atom stereocenters. The summed E-state index contributed by atoms with van der Waals surface area (Å²) in [4.78, 5) is 14.5. The van der Waals surface area contributed by atoms with Gasteiger partial charge in [0.05, 0.1) is 12.6 Å². The Hall–Kier alpha value is -1.78. The molecule has 0 aliphatic carbocycles. The highest BCUT2D eigenvalue weighted by molar-refractivity contribution is 6.30. The van der Waals surface area contributed by atoms with Crippen LogP contribution in [0, 0.1) is 0 Å². The van der Waals surface area contributed by atoms with Gasteiger partial charge in [0.1, 0.15) is 0 Å². The number of hydrogen-bond acceptors (Lipinski definition) is 2. The Morgan fingerprint density at radius 2 is 2.05 bits per heavy atom. The fraction of sp³-hybridized carbons (Fsp3) is 0.353. The minimum atomic E-state index is -0.0489. The lowest BCUT2D eigenvalue weighted by atomic mass is 10.00. The van der Waals surface area contributed by atoms with Crippen LogP contribution in [0.1, 0.15) is 24.2 Å². The summed E-state index contributed by atoms with van der Waals surface area (Å²) < 4.78 is 2.22. The molecular formula is C17H20ClN3O. The third-order valence-electron chi connectivity index (χ3n) is 4.07. The van der Waals surface area contributed by atoms with E-state index in [1.807, 2.05) is 42.2 Å².